The topological polar surface area (TPSA) is 52.3 Å². The summed E-state index contributed by atoms with van der Waals surface area (Å²) in [6.07, 6.45) is 0.773. The number of nitrogens with two attached hydrogens (primary N) is 1. The molecule has 1 aromatic carbocycles. The fraction of sp³-hybridized carbons (Fsp3) is 0.231. The Morgan fingerprint density at radius 3 is 2.67 bits per heavy atom. The average molecular weight is 281 g/mol. The van der Waals surface area contributed by atoms with Crippen molar-refractivity contribution in [3.8, 4) is 5.75 Å². The van der Waals surface area contributed by atoms with Crippen LogP contribution in [0.5, 0.6) is 5.75 Å². The van der Waals surface area contributed by atoms with Crippen molar-refractivity contribution in [1.29, 1.82) is 0 Å². The minimum Gasteiger partial charge on any atom is -0.494 e. The van der Waals surface area contributed by atoms with Crippen LogP contribution >= 0.6 is 11.3 Å². The van der Waals surface area contributed by atoms with Crippen LogP contribution in [0.1, 0.15) is 6.42 Å². The van der Waals surface area contributed by atoms with E-state index in [1.807, 2.05) is 29.6 Å². The molecule has 1 heterocycles. The lowest BCUT2D eigenvalue weighted by Crippen LogP contribution is -2.04. The zero-order valence-corrected chi connectivity index (χ0v) is 11.5. The number of benzene rings is 1. The number of ether oxygens (including phenoxy) is 1. The molecular weight excluding hydrogens is 266 g/mol. The monoisotopic (exact) mass is 281 g/mol. The molecule has 0 spiro atoms. The molecule has 5 heteroatoms. The summed E-state index contributed by atoms with van der Waals surface area (Å²) in [7, 11) is -0.895. The molecule has 0 aliphatic rings. The maximum Gasteiger partial charge on any atom is 0.119 e. The van der Waals surface area contributed by atoms with Crippen molar-refractivity contribution >= 4 is 27.8 Å². The first-order valence-electron chi connectivity index (χ1n) is 5.66. The fourth-order valence-electron chi connectivity index (χ4n) is 1.44. The lowest BCUT2D eigenvalue weighted by Gasteiger charge is -2.05. The molecular formula is C13H15NO2S2. The summed E-state index contributed by atoms with van der Waals surface area (Å²) in [6.45, 7) is 0.570. The Hall–Kier alpha value is -1.33. The van der Waals surface area contributed by atoms with Gasteiger partial charge in [-0.05, 0) is 42.1 Å². The van der Waals surface area contributed by atoms with E-state index in [2.05, 4.69) is 0 Å². The van der Waals surface area contributed by atoms with E-state index in [0.29, 0.717) is 12.4 Å². The maximum atomic E-state index is 11.8. The summed E-state index contributed by atoms with van der Waals surface area (Å²) in [6, 6.07) is 11.1. The van der Waals surface area contributed by atoms with Crippen molar-refractivity contribution in [2.45, 2.75) is 10.6 Å². The van der Waals surface area contributed by atoms with Crippen LogP contribution < -0.4 is 10.5 Å². The number of thiophene rings is 1. The fourth-order valence-corrected chi connectivity index (χ4v) is 3.54. The largest absolute Gasteiger partial charge is 0.494 e. The number of hydrogen-bond acceptors (Lipinski definition) is 4. The molecule has 0 bridgehead atoms. The third-order valence-electron chi connectivity index (χ3n) is 2.34. The number of anilines is 1. The Morgan fingerprint density at radius 2 is 2.00 bits per heavy atom. The Balaban J connectivity index is 1.70. The normalized spacial score (nSPS) is 12.2. The van der Waals surface area contributed by atoms with Gasteiger partial charge in [0.25, 0.3) is 0 Å². The molecule has 0 saturated carbocycles. The van der Waals surface area contributed by atoms with Crippen LogP contribution in [0, 0.1) is 0 Å². The second-order valence-electron chi connectivity index (χ2n) is 3.75. The molecule has 1 unspecified atom stereocenters. The minimum atomic E-state index is -0.895. The molecule has 1 aromatic heterocycles. The van der Waals surface area contributed by atoms with Gasteiger partial charge in [0.05, 0.1) is 21.6 Å². The molecule has 1 atom stereocenters. The van der Waals surface area contributed by atoms with Gasteiger partial charge in [-0.15, -0.1) is 11.3 Å². The summed E-state index contributed by atoms with van der Waals surface area (Å²) >= 11 is 1.53. The second-order valence-corrected chi connectivity index (χ2v) is 6.50. The van der Waals surface area contributed by atoms with Gasteiger partial charge in [0.1, 0.15) is 5.75 Å². The second kappa shape index (κ2) is 6.56. The quantitative estimate of drug-likeness (QED) is 0.654. The van der Waals surface area contributed by atoms with Gasteiger partial charge in [-0.1, -0.05) is 6.07 Å². The molecule has 0 fully saturated rings. The van der Waals surface area contributed by atoms with Gasteiger partial charge in [0.2, 0.25) is 0 Å². The van der Waals surface area contributed by atoms with Gasteiger partial charge in [-0.25, -0.2) is 0 Å². The highest BCUT2D eigenvalue weighted by Crippen LogP contribution is 2.15. The van der Waals surface area contributed by atoms with Crippen LogP contribution in [0.25, 0.3) is 0 Å². The molecule has 0 aliphatic carbocycles. The van der Waals surface area contributed by atoms with E-state index in [-0.39, 0.29) is 0 Å². The molecule has 0 radical (unpaired) electrons. The predicted molar refractivity (Wildman–Crippen MR) is 76.6 cm³/mol. The Kier molecular flexibility index (Phi) is 4.78. The highest BCUT2D eigenvalue weighted by atomic mass is 32.2. The van der Waals surface area contributed by atoms with E-state index < -0.39 is 10.8 Å². The first-order chi connectivity index (χ1) is 8.75. The van der Waals surface area contributed by atoms with Crippen LogP contribution in [0.2, 0.25) is 0 Å². The number of nitrogen functional groups attached to an aromatic ring is 1. The summed E-state index contributed by atoms with van der Waals surface area (Å²) in [5.74, 6) is 1.43. The summed E-state index contributed by atoms with van der Waals surface area (Å²) in [5, 5.41) is 1.94. The van der Waals surface area contributed by atoms with Crippen LogP contribution in [-0.2, 0) is 10.8 Å². The van der Waals surface area contributed by atoms with Gasteiger partial charge < -0.3 is 10.5 Å². The maximum absolute atomic E-state index is 11.8. The molecule has 2 rings (SSSR count). The highest BCUT2D eigenvalue weighted by molar-refractivity contribution is 7.87. The van der Waals surface area contributed by atoms with Crippen molar-refractivity contribution < 1.29 is 8.95 Å². The van der Waals surface area contributed by atoms with Crippen molar-refractivity contribution in [3.63, 3.8) is 0 Å². The first kappa shape index (κ1) is 13.1. The van der Waals surface area contributed by atoms with Crippen LogP contribution in [0.15, 0.2) is 46.0 Å². The zero-order chi connectivity index (χ0) is 12.8. The molecule has 2 N–H and O–H groups in total. The Morgan fingerprint density at radius 1 is 1.22 bits per heavy atom. The third-order valence-corrected chi connectivity index (χ3v) is 5.09. The predicted octanol–water partition coefficient (Wildman–Crippen LogP) is 2.91. The van der Waals surface area contributed by atoms with Gasteiger partial charge in [-0.2, -0.15) is 0 Å². The minimum absolute atomic E-state index is 0.570. The van der Waals surface area contributed by atoms with E-state index in [1.54, 1.807) is 12.1 Å². The van der Waals surface area contributed by atoms with E-state index in [1.165, 1.54) is 11.3 Å². The molecule has 0 amide bonds. The van der Waals surface area contributed by atoms with Crippen molar-refractivity contribution in [2.75, 3.05) is 18.1 Å². The highest BCUT2D eigenvalue weighted by Gasteiger charge is 2.04. The molecule has 18 heavy (non-hydrogen) atoms. The average Bonchev–Trinajstić information content (AvgIpc) is 2.90. The number of hydrogen-bond donors (Lipinski definition) is 1. The van der Waals surface area contributed by atoms with Crippen molar-refractivity contribution in [3.05, 3.63) is 41.8 Å². The van der Waals surface area contributed by atoms with Crippen LogP contribution in [0.3, 0.4) is 0 Å². The Labute approximate surface area is 113 Å². The number of rotatable bonds is 6. The van der Waals surface area contributed by atoms with Gasteiger partial charge >= 0.3 is 0 Å². The van der Waals surface area contributed by atoms with Gasteiger partial charge in [0, 0.05) is 11.4 Å². The van der Waals surface area contributed by atoms with Crippen molar-refractivity contribution in [2.24, 2.45) is 0 Å². The van der Waals surface area contributed by atoms with Crippen molar-refractivity contribution in [1.82, 2.24) is 0 Å². The van der Waals surface area contributed by atoms with E-state index in [0.717, 1.165) is 22.1 Å². The van der Waals surface area contributed by atoms with E-state index >= 15 is 0 Å². The van der Waals surface area contributed by atoms with Gasteiger partial charge in [-0.3, -0.25) is 4.21 Å². The van der Waals surface area contributed by atoms with Crippen LogP contribution in [-0.4, -0.2) is 16.6 Å². The summed E-state index contributed by atoms with van der Waals surface area (Å²) in [4.78, 5) is 0. The Bertz CT molecular complexity index is 494. The van der Waals surface area contributed by atoms with Gasteiger partial charge in [0.15, 0.2) is 0 Å². The third kappa shape index (κ3) is 3.85. The lowest BCUT2D eigenvalue weighted by atomic mass is 10.3. The lowest BCUT2D eigenvalue weighted by molar-refractivity contribution is 0.318. The smallest absolute Gasteiger partial charge is 0.119 e. The SMILES string of the molecule is Nc1ccc(OCCCS(=O)c2cccs2)cc1. The zero-order valence-electron chi connectivity index (χ0n) is 9.87. The summed E-state index contributed by atoms with van der Waals surface area (Å²) < 4.78 is 18.3. The summed E-state index contributed by atoms with van der Waals surface area (Å²) in [5.41, 5.74) is 6.30. The molecule has 3 nitrogen and oxygen atoms in total. The van der Waals surface area contributed by atoms with Crippen LogP contribution in [0.4, 0.5) is 5.69 Å². The molecule has 0 saturated heterocycles. The molecule has 0 aliphatic heterocycles. The van der Waals surface area contributed by atoms with E-state index in [9.17, 15) is 4.21 Å². The van der Waals surface area contributed by atoms with E-state index in [4.69, 9.17) is 10.5 Å². The first-order valence-corrected chi connectivity index (χ1v) is 7.86. The molecule has 2 aromatic rings. The molecule has 96 valence electrons. The standard InChI is InChI=1S/C13H15NO2S2/c14-11-4-6-12(7-5-11)16-8-2-10-18(15)13-3-1-9-17-13/h1,3-7,9H,2,8,10,14H2.